The molecule has 0 bridgehead atoms. The number of hydrogen-bond donors (Lipinski definition) is 1. The predicted molar refractivity (Wildman–Crippen MR) is 95.2 cm³/mol. The summed E-state index contributed by atoms with van der Waals surface area (Å²) >= 11 is 0. The molecule has 1 saturated carbocycles. The Labute approximate surface area is 140 Å². The number of nitrogens with one attached hydrogen (secondary N) is 1. The highest BCUT2D eigenvalue weighted by molar-refractivity contribution is 6.06. The number of nitrogens with zero attached hydrogens (tertiary/aromatic N) is 2. The third-order valence-corrected chi connectivity index (χ3v) is 4.16. The summed E-state index contributed by atoms with van der Waals surface area (Å²) in [5.74, 6) is 0.289. The van der Waals surface area contributed by atoms with Gasteiger partial charge in [0, 0.05) is 17.0 Å². The van der Waals surface area contributed by atoms with Crippen molar-refractivity contribution >= 4 is 23.0 Å². The first-order chi connectivity index (χ1) is 11.8. The van der Waals surface area contributed by atoms with Crippen LogP contribution in [-0.4, -0.2) is 17.1 Å². The van der Waals surface area contributed by atoms with E-state index in [-0.39, 0.29) is 5.91 Å². The first-order valence-electron chi connectivity index (χ1n) is 8.09. The number of para-hydroxylation sites is 1. The van der Waals surface area contributed by atoms with E-state index >= 15 is 0 Å². The molecule has 1 amide bonds. The molecule has 0 saturated heterocycles. The molecule has 1 aliphatic rings. The zero-order valence-electron chi connectivity index (χ0n) is 13.1. The minimum absolute atomic E-state index is 0.206. The Hall–Kier alpha value is -3.01. The number of carbonyl (C=O) groups is 1. The van der Waals surface area contributed by atoms with Crippen LogP contribution in [0.3, 0.4) is 0 Å². The highest BCUT2D eigenvalue weighted by Gasteiger charge is 2.26. The summed E-state index contributed by atoms with van der Waals surface area (Å²) < 4.78 is 0. The van der Waals surface area contributed by atoms with Crippen LogP contribution in [0.5, 0.6) is 0 Å². The Morgan fingerprint density at radius 2 is 1.83 bits per heavy atom. The van der Waals surface area contributed by atoms with Gasteiger partial charge in [-0.25, -0.2) is 5.43 Å². The second kappa shape index (κ2) is 6.24. The average Bonchev–Trinajstić information content (AvgIpc) is 3.47. The molecule has 1 aromatic heterocycles. The number of hydrazone groups is 1. The Morgan fingerprint density at radius 3 is 2.62 bits per heavy atom. The van der Waals surface area contributed by atoms with Gasteiger partial charge in [0.25, 0.3) is 5.91 Å². The minimum atomic E-state index is -0.206. The van der Waals surface area contributed by atoms with Gasteiger partial charge in [-0.15, -0.1) is 0 Å². The van der Waals surface area contributed by atoms with Gasteiger partial charge in [-0.1, -0.05) is 48.5 Å². The van der Waals surface area contributed by atoms with E-state index in [0.717, 1.165) is 35.0 Å². The van der Waals surface area contributed by atoms with E-state index in [0.29, 0.717) is 11.5 Å². The van der Waals surface area contributed by atoms with Gasteiger partial charge in [-0.2, -0.15) is 5.10 Å². The maximum Gasteiger partial charge on any atom is 0.272 e. The van der Waals surface area contributed by atoms with Gasteiger partial charge in [0.2, 0.25) is 0 Å². The van der Waals surface area contributed by atoms with E-state index in [1.807, 2.05) is 60.7 Å². The highest BCUT2D eigenvalue weighted by Crippen LogP contribution is 2.40. The van der Waals surface area contributed by atoms with Gasteiger partial charge in [-0.05, 0) is 30.5 Å². The molecule has 0 unspecified atom stereocenters. The molecule has 3 aromatic rings. The first kappa shape index (κ1) is 14.6. The molecule has 0 aliphatic heterocycles. The fourth-order valence-corrected chi connectivity index (χ4v) is 2.74. The SMILES string of the molecule is O=C(N/N=C/c1ccccc1)c1cc(C2CC2)nc2ccccc12. The van der Waals surface area contributed by atoms with Crippen LogP contribution in [0.2, 0.25) is 0 Å². The van der Waals surface area contributed by atoms with Crippen LogP contribution in [0.15, 0.2) is 65.8 Å². The van der Waals surface area contributed by atoms with Crippen LogP contribution in [0.1, 0.15) is 40.4 Å². The average molecular weight is 315 g/mol. The lowest BCUT2D eigenvalue weighted by Gasteiger charge is -2.08. The van der Waals surface area contributed by atoms with E-state index in [2.05, 4.69) is 15.5 Å². The second-order valence-electron chi connectivity index (χ2n) is 6.00. The van der Waals surface area contributed by atoms with Crippen molar-refractivity contribution in [2.24, 2.45) is 5.10 Å². The van der Waals surface area contributed by atoms with Gasteiger partial charge >= 0.3 is 0 Å². The summed E-state index contributed by atoms with van der Waals surface area (Å²) in [5.41, 5.74) is 6.07. The van der Waals surface area contributed by atoms with Crippen LogP contribution in [0, 0.1) is 0 Å². The fraction of sp³-hybridized carbons (Fsp3) is 0.150. The predicted octanol–water partition coefficient (Wildman–Crippen LogP) is 3.88. The van der Waals surface area contributed by atoms with Crippen molar-refractivity contribution in [3.05, 3.63) is 77.5 Å². The Balaban J connectivity index is 1.62. The lowest BCUT2D eigenvalue weighted by atomic mass is 10.1. The summed E-state index contributed by atoms with van der Waals surface area (Å²) in [4.78, 5) is 17.3. The molecule has 4 heteroatoms. The molecule has 0 spiro atoms. The van der Waals surface area contributed by atoms with Crippen LogP contribution >= 0.6 is 0 Å². The quantitative estimate of drug-likeness (QED) is 0.587. The number of carbonyl (C=O) groups excluding carboxylic acids is 1. The fourth-order valence-electron chi connectivity index (χ4n) is 2.74. The minimum Gasteiger partial charge on any atom is -0.267 e. The van der Waals surface area contributed by atoms with Crippen molar-refractivity contribution in [1.29, 1.82) is 0 Å². The smallest absolute Gasteiger partial charge is 0.267 e. The van der Waals surface area contributed by atoms with Crippen LogP contribution in [0.4, 0.5) is 0 Å². The van der Waals surface area contributed by atoms with Gasteiger partial charge < -0.3 is 0 Å². The normalized spacial score (nSPS) is 14.2. The van der Waals surface area contributed by atoms with Crippen molar-refractivity contribution < 1.29 is 4.79 Å². The summed E-state index contributed by atoms with van der Waals surface area (Å²) in [6.45, 7) is 0. The molecule has 2 aromatic carbocycles. The number of fused-ring (bicyclic) bond motifs is 1. The van der Waals surface area contributed by atoms with E-state index < -0.39 is 0 Å². The van der Waals surface area contributed by atoms with Gasteiger partial charge in [0.05, 0.1) is 17.3 Å². The molecule has 1 aliphatic carbocycles. The van der Waals surface area contributed by atoms with Crippen LogP contribution in [-0.2, 0) is 0 Å². The van der Waals surface area contributed by atoms with Gasteiger partial charge in [0.15, 0.2) is 0 Å². The molecule has 4 nitrogen and oxygen atoms in total. The Morgan fingerprint density at radius 1 is 1.08 bits per heavy atom. The molecule has 118 valence electrons. The zero-order valence-corrected chi connectivity index (χ0v) is 13.1. The second-order valence-corrected chi connectivity index (χ2v) is 6.00. The molecular weight excluding hydrogens is 298 g/mol. The van der Waals surface area contributed by atoms with E-state index in [1.54, 1.807) is 6.21 Å². The van der Waals surface area contributed by atoms with Crippen LogP contribution in [0.25, 0.3) is 10.9 Å². The lowest BCUT2D eigenvalue weighted by molar-refractivity contribution is 0.0956. The number of amides is 1. The maximum absolute atomic E-state index is 12.6. The summed E-state index contributed by atoms with van der Waals surface area (Å²) in [6.07, 6.45) is 3.94. The molecule has 1 heterocycles. The van der Waals surface area contributed by atoms with Crippen molar-refractivity contribution in [3.8, 4) is 0 Å². The molecule has 1 fully saturated rings. The van der Waals surface area contributed by atoms with E-state index in [4.69, 9.17) is 0 Å². The number of benzene rings is 2. The molecule has 1 N–H and O–H groups in total. The van der Waals surface area contributed by atoms with E-state index in [1.165, 1.54) is 0 Å². The summed E-state index contributed by atoms with van der Waals surface area (Å²) in [7, 11) is 0. The molecule has 0 atom stereocenters. The van der Waals surface area contributed by atoms with Crippen molar-refractivity contribution in [3.63, 3.8) is 0 Å². The lowest BCUT2D eigenvalue weighted by Crippen LogP contribution is -2.18. The largest absolute Gasteiger partial charge is 0.272 e. The molecule has 4 rings (SSSR count). The topological polar surface area (TPSA) is 54.4 Å². The van der Waals surface area contributed by atoms with E-state index in [9.17, 15) is 4.79 Å². The zero-order chi connectivity index (χ0) is 16.4. The van der Waals surface area contributed by atoms with Crippen LogP contribution < -0.4 is 5.43 Å². The summed E-state index contributed by atoms with van der Waals surface area (Å²) in [6, 6.07) is 19.3. The number of hydrogen-bond acceptors (Lipinski definition) is 3. The molecule has 24 heavy (non-hydrogen) atoms. The van der Waals surface area contributed by atoms with Gasteiger partial charge in [-0.3, -0.25) is 9.78 Å². The number of pyridine rings is 1. The van der Waals surface area contributed by atoms with Crippen molar-refractivity contribution in [1.82, 2.24) is 10.4 Å². The van der Waals surface area contributed by atoms with Gasteiger partial charge in [0.1, 0.15) is 0 Å². The Kier molecular flexibility index (Phi) is 3.79. The third kappa shape index (κ3) is 3.04. The van der Waals surface area contributed by atoms with Crippen molar-refractivity contribution in [2.45, 2.75) is 18.8 Å². The third-order valence-electron chi connectivity index (χ3n) is 4.16. The summed E-state index contributed by atoms with van der Waals surface area (Å²) in [5, 5.41) is 4.93. The molecular formula is C20H17N3O. The highest BCUT2D eigenvalue weighted by atomic mass is 16.2. The van der Waals surface area contributed by atoms with Crippen molar-refractivity contribution in [2.75, 3.05) is 0 Å². The Bertz CT molecular complexity index is 915. The first-order valence-corrected chi connectivity index (χ1v) is 8.09. The standard InChI is InChI=1S/C20H17N3O/c24-20(23-21-13-14-6-2-1-3-7-14)17-12-19(15-10-11-15)22-18-9-5-4-8-16(17)18/h1-9,12-13,15H,10-11H2,(H,23,24)/b21-13+. The number of rotatable bonds is 4. The maximum atomic E-state index is 12.6. The molecule has 0 radical (unpaired) electrons. The monoisotopic (exact) mass is 315 g/mol. The number of aromatic nitrogens is 1.